The first-order chi connectivity index (χ1) is 8.58. The number of carbonyl (C=O) groups is 1. The van der Waals surface area contributed by atoms with Gasteiger partial charge in [-0.15, -0.1) is 0 Å². The Labute approximate surface area is 109 Å². The van der Waals surface area contributed by atoms with Gasteiger partial charge in [0.1, 0.15) is 6.04 Å². The van der Waals surface area contributed by atoms with Gasteiger partial charge in [0, 0.05) is 32.0 Å². The number of likely N-dealkylation sites (tertiary alicyclic amines) is 1. The summed E-state index contributed by atoms with van der Waals surface area (Å²) in [6.07, 6.45) is 5.04. The van der Waals surface area contributed by atoms with E-state index in [1.165, 1.54) is 0 Å². The van der Waals surface area contributed by atoms with Gasteiger partial charge >= 0.3 is 0 Å². The monoisotopic (exact) mass is 249 g/mol. The fraction of sp³-hybridized carbons (Fsp3) is 0.643. The van der Waals surface area contributed by atoms with Crippen molar-refractivity contribution in [1.29, 1.82) is 0 Å². The highest BCUT2D eigenvalue weighted by Crippen LogP contribution is 2.20. The van der Waals surface area contributed by atoms with E-state index in [1.807, 2.05) is 40.9 Å². The van der Waals surface area contributed by atoms with Gasteiger partial charge in [-0.25, -0.2) is 0 Å². The molecule has 0 saturated carbocycles. The van der Waals surface area contributed by atoms with Crippen LogP contribution in [0.4, 0.5) is 0 Å². The lowest BCUT2D eigenvalue weighted by Gasteiger charge is -2.22. The second kappa shape index (κ2) is 5.57. The van der Waals surface area contributed by atoms with Crippen LogP contribution in [0.15, 0.2) is 24.5 Å². The SMILES string of the molecule is C[C@@H](C(=O)N1CC[C@H](CN(C)C)C1)n1cccc1. The van der Waals surface area contributed by atoms with Crippen LogP contribution in [0, 0.1) is 5.92 Å². The largest absolute Gasteiger partial charge is 0.342 e. The van der Waals surface area contributed by atoms with E-state index in [4.69, 9.17) is 0 Å². The van der Waals surface area contributed by atoms with Crippen LogP contribution in [0.2, 0.25) is 0 Å². The summed E-state index contributed by atoms with van der Waals surface area (Å²) in [5, 5.41) is 0. The maximum absolute atomic E-state index is 12.4. The second-order valence-corrected chi connectivity index (χ2v) is 5.51. The Balaban J connectivity index is 1.91. The first kappa shape index (κ1) is 13.1. The molecule has 1 saturated heterocycles. The third-order valence-electron chi connectivity index (χ3n) is 3.65. The van der Waals surface area contributed by atoms with E-state index >= 15 is 0 Å². The van der Waals surface area contributed by atoms with Crippen molar-refractivity contribution >= 4 is 5.91 Å². The van der Waals surface area contributed by atoms with Crippen LogP contribution in [0.5, 0.6) is 0 Å². The maximum Gasteiger partial charge on any atom is 0.245 e. The first-order valence-electron chi connectivity index (χ1n) is 6.64. The minimum absolute atomic E-state index is 0.0851. The summed E-state index contributed by atoms with van der Waals surface area (Å²) in [6, 6.07) is 3.84. The molecular weight excluding hydrogens is 226 g/mol. The number of rotatable bonds is 4. The lowest BCUT2D eigenvalue weighted by molar-refractivity contribution is -0.133. The Morgan fingerprint density at radius 2 is 2.06 bits per heavy atom. The highest BCUT2D eigenvalue weighted by Gasteiger charge is 2.29. The Kier molecular flexibility index (Phi) is 4.07. The van der Waals surface area contributed by atoms with Gasteiger partial charge in [0.05, 0.1) is 0 Å². The summed E-state index contributed by atoms with van der Waals surface area (Å²) >= 11 is 0. The zero-order valence-electron chi connectivity index (χ0n) is 11.5. The minimum atomic E-state index is -0.0851. The van der Waals surface area contributed by atoms with Crippen molar-refractivity contribution in [2.24, 2.45) is 5.92 Å². The van der Waals surface area contributed by atoms with Crippen molar-refractivity contribution in [3.63, 3.8) is 0 Å². The van der Waals surface area contributed by atoms with Crippen LogP contribution < -0.4 is 0 Å². The summed E-state index contributed by atoms with van der Waals surface area (Å²) in [7, 11) is 4.18. The van der Waals surface area contributed by atoms with Gasteiger partial charge in [0.2, 0.25) is 5.91 Å². The zero-order valence-corrected chi connectivity index (χ0v) is 11.5. The molecule has 4 heteroatoms. The van der Waals surface area contributed by atoms with E-state index in [2.05, 4.69) is 19.0 Å². The number of aromatic nitrogens is 1. The molecule has 18 heavy (non-hydrogen) atoms. The molecule has 1 aromatic heterocycles. The van der Waals surface area contributed by atoms with Gasteiger partial charge < -0.3 is 14.4 Å². The van der Waals surface area contributed by atoms with E-state index in [-0.39, 0.29) is 11.9 Å². The summed E-state index contributed by atoms with van der Waals surface area (Å²) in [6.45, 7) is 4.86. The van der Waals surface area contributed by atoms with Crippen molar-refractivity contribution < 1.29 is 4.79 Å². The standard InChI is InChI=1S/C14H23N3O/c1-12(16-7-4-5-8-16)14(18)17-9-6-13(11-17)10-15(2)3/h4-5,7-8,12-13H,6,9-11H2,1-3H3/t12-,13+/m0/s1. The number of hydrogen-bond acceptors (Lipinski definition) is 2. The topological polar surface area (TPSA) is 28.5 Å². The van der Waals surface area contributed by atoms with Crippen molar-refractivity contribution in [1.82, 2.24) is 14.4 Å². The average Bonchev–Trinajstić information content (AvgIpc) is 2.96. The number of amides is 1. The van der Waals surface area contributed by atoms with Gasteiger partial charge in [-0.05, 0) is 45.5 Å². The molecule has 0 aromatic carbocycles. The fourth-order valence-electron chi connectivity index (χ4n) is 2.70. The molecule has 1 fully saturated rings. The average molecular weight is 249 g/mol. The van der Waals surface area contributed by atoms with Crippen molar-refractivity contribution in [2.75, 3.05) is 33.7 Å². The number of carbonyl (C=O) groups excluding carboxylic acids is 1. The quantitative estimate of drug-likeness (QED) is 0.808. The summed E-state index contributed by atoms with van der Waals surface area (Å²) in [5.74, 6) is 0.869. The molecule has 100 valence electrons. The Morgan fingerprint density at radius 3 is 2.67 bits per heavy atom. The highest BCUT2D eigenvalue weighted by atomic mass is 16.2. The molecule has 0 aliphatic carbocycles. The Morgan fingerprint density at radius 1 is 1.39 bits per heavy atom. The van der Waals surface area contributed by atoms with Gasteiger partial charge in [-0.3, -0.25) is 4.79 Å². The predicted molar refractivity (Wildman–Crippen MR) is 72.4 cm³/mol. The van der Waals surface area contributed by atoms with Crippen LogP contribution in [-0.2, 0) is 4.79 Å². The lowest BCUT2D eigenvalue weighted by atomic mass is 10.1. The Bertz CT molecular complexity index is 386. The molecule has 0 bridgehead atoms. The molecule has 0 spiro atoms. The molecule has 1 aliphatic rings. The molecule has 2 atom stereocenters. The molecule has 2 rings (SSSR count). The molecule has 4 nitrogen and oxygen atoms in total. The van der Waals surface area contributed by atoms with Gasteiger partial charge in [-0.1, -0.05) is 0 Å². The maximum atomic E-state index is 12.4. The minimum Gasteiger partial charge on any atom is -0.342 e. The second-order valence-electron chi connectivity index (χ2n) is 5.51. The van der Waals surface area contributed by atoms with Crippen molar-refractivity contribution in [3.05, 3.63) is 24.5 Å². The summed E-state index contributed by atoms with van der Waals surface area (Å²) < 4.78 is 1.97. The molecule has 0 N–H and O–H groups in total. The summed E-state index contributed by atoms with van der Waals surface area (Å²) in [5.41, 5.74) is 0. The third kappa shape index (κ3) is 2.93. The van der Waals surface area contributed by atoms with E-state index < -0.39 is 0 Å². The predicted octanol–water partition coefficient (Wildman–Crippen LogP) is 1.46. The van der Waals surface area contributed by atoms with Gasteiger partial charge in [-0.2, -0.15) is 0 Å². The fourth-order valence-corrected chi connectivity index (χ4v) is 2.70. The first-order valence-corrected chi connectivity index (χ1v) is 6.64. The van der Waals surface area contributed by atoms with Crippen molar-refractivity contribution in [3.8, 4) is 0 Å². The third-order valence-corrected chi connectivity index (χ3v) is 3.65. The van der Waals surface area contributed by atoms with Crippen LogP contribution in [0.25, 0.3) is 0 Å². The van der Waals surface area contributed by atoms with Crippen LogP contribution in [0.1, 0.15) is 19.4 Å². The molecule has 0 radical (unpaired) electrons. The molecule has 2 heterocycles. The van der Waals surface area contributed by atoms with Crippen molar-refractivity contribution in [2.45, 2.75) is 19.4 Å². The van der Waals surface area contributed by atoms with Gasteiger partial charge in [0.25, 0.3) is 0 Å². The smallest absolute Gasteiger partial charge is 0.245 e. The zero-order chi connectivity index (χ0) is 13.1. The highest BCUT2D eigenvalue weighted by molar-refractivity contribution is 5.80. The van der Waals surface area contributed by atoms with E-state index in [1.54, 1.807) is 0 Å². The molecule has 0 unspecified atom stereocenters. The molecule has 1 amide bonds. The van der Waals surface area contributed by atoms with E-state index in [0.29, 0.717) is 5.92 Å². The number of hydrogen-bond donors (Lipinski definition) is 0. The Hall–Kier alpha value is -1.29. The molecule has 1 aromatic rings. The van der Waals surface area contributed by atoms with Crippen LogP contribution >= 0.6 is 0 Å². The molecular formula is C14H23N3O. The van der Waals surface area contributed by atoms with E-state index in [0.717, 1.165) is 26.1 Å². The summed E-state index contributed by atoms with van der Waals surface area (Å²) in [4.78, 5) is 16.6. The van der Waals surface area contributed by atoms with Gasteiger partial charge in [0.15, 0.2) is 0 Å². The van der Waals surface area contributed by atoms with E-state index in [9.17, 15) is 4.79 Å². The normalized spacial score (nSPS) is 21.6. The van der Waals surface area contributed by atoms with Crippen LogP contribution in [-0.4, -0.2) is 54.0 Å². The number of nitrogens with zero attached hydrogens (tertiary/aromatic N) is 3. The molecule has 1 aliphatic heterocycles. The lowest BCUT2D eigenvalue weighted by Crippen LogP contribution is -2.35. The van der Waals surface area contributed by atoms with Crippen LogP contribution in [0.3, 0.4) is 0 Å².